The average Bonchev–Trinajstić information content (AvgIpc) is 3.09. The zero-order chi connectivity index (χ0) is 19.2. The van der Waals surface area contributed by atoms with Crippen LogP contribution in [0, 0.1) is 6.92 Å². The summed E-state index contributed by atoms with van der Waals surface area (Å²) in [5.74, 6) is 0.860. The fourth-order valence-corrected chi connectivity index (χ4v) is 3.86. The van der Waals surface area contributed by atoms with Gasteiger partial charge in [-0.1, -0.05) is 18.2 Å². The Kier molecular flexibility index (Phi) is 9.04. The van der Waals surface area contributed by atoms with Crippen molar-refractivity contribution in [1.29, 1.82) is 0 Å². The summed E-state index contributed by atoms with van der Waals surface area (Å²) in [6.07, 6.45) is 3.08. The van der Waals surface area contributed by atoms with Crippen LogP contribution in [-0.2, 0) is 11.2 Å². The number of para-hydroxylation sites is 1. The third-order valence-electron chi connectivity index (χ3n) is 5.47. The SMILES string of the molecule is CN=C(NCCc1c[nH]c2c(C)cccc12)NCC(C)N1CCOCC1C.I. The largest absolute Gasteiger partial charge is 0.379 e. The Labute approximate surface area is 185 Å². The van der Waals surface area contributed by atoms with E-state index in [2.05, 4.69) is 70.7 Å². The van der Waals surface area contributed by atoms with Gasteiger partial charge in [-0.05, 0) is 38.3 Å². The predicted molar refractivity (Wildman–Crippen MR) is 128 cm³/mol. The molecule has 2 atom stereocenters. The van der Waals surface area contributed by atoms with Gasteiger partial charge in [-0.25, -0.2) is 0 Å². The Bertz CT molecular complexity index is 775. The summed E-state index contributed by atoms with van der Waals surface area (Å²) in [6.45, 7) is 11.0. The fourth-order valence-electron chi connectivity index (χ4n) is 3.86. The van der Waals surface area contributed by atoms with E-state index in [1.807, 2.05) is 7.05 Å². The molecule has 0 amide bonds. The molecule has 0 radical (unpaired) electrons. The topological polar surface area (TPSA) is 64.7 Å². The van der Waals surface area contributed by atoms with Gasteiger partial charge in [0, 0.05) is 55.9 Å². The molecule has 0 aliphatic carbocycles. The van der Waals surface area contributed by atoms with E-state index in [0.717, 1.165) is 45.2 Å². The lowest BCUT2D eigenvalue weighted by Crippen LogP contribution is -2.53. The summed E-state index contributed by atoms with van der Waals surface area (Å²) in [6, 6.07) is 7.36. The van der Waals surface area contributed by atoms with E-state index in [9.17, 15) is 0 Å². The van der Waals surface area contributed by atoms with Gasteiger partial charge >= 0.3 is 0 Å². The van der Waals surface area contributed by atoms with Crippen molar-refractivity contribution in [2.24, 2.45) is 4.99 Å². The Morgan fingerprint density at radius 3 is 2.96 bits per heavy atom. The van der Waals surface area contributed by atoms with Crippen LogP contribution < -0.4 is 10.6 Å². The number of nitrogens with zero attached hydrogens (tertiary/aromatic N) is 2. The van der Waals surface area contributed by atoms with Crippen LogP contribution in [0.1, 0.15) is 25.0 Å². The van der Waals surface area contributed by atoms with Crippen LogP contribution in [0.4, 0.5) is 0 Å². The van der Waals surface area contributed by atoms with Crippen LogP contribution in [0.15, 0.2) is 29.4 Å². The van der Waals surface area contributed by atoms with Crippen molar-refractivity contribution in [3.05, 3.63) is 35.5 Å². The Morgan fingerprint density at radius 2 is 2.21 bits per heavy atom. The number of aryl methyl sites for hydroxylation is 1. The third kappa shape index (κ3) is 5.61. The number of benzene rings is 1. The predicted octanol–water partition coefficient (Wildman–Crippen LogP) is 2.91. The lowest BCUT2D eigenvalue weighted by molar-refractivity contribution is -0.0174. The van der Waals surface area contributed by atoms with E-state index in [4.69, 9.17) is 4.74 Å². The van der Waals surface area contributed by atoms with Crippen molar-refractivity contribution in [2.75, 3.05) is 39.9 Å². The van der Waals surface area contributed by atoms with Crippen LogP contribution in [0.5, 0.6) is 0 Å². The first kappa shape index (κ1) is 23.0. The van der Waals surface area contributed by atoms with Crippen LogP contribution in [0.25, 0.3) is 10.9 Å². The molecule has 1 aliphatic rings. The number of morpholine rings is 1. The number of hydrogen-bond donors (Lipinski definition) is 3. The molecule has 1 aliphatic heterocycles. The number of hydrogen-bond acceptors (Lipinski definition) is 3. The second-order valence-electron chi connectivity index (χ2n) is 7.45. The van der Waals surface area contributed by atoms with Gasteiger partial charge in [-0.3, -0.25) is 9.89 Å². The zero-order valence-corrected chi connectivity index (χ0v) is 19.7. The van der Waals surface area contributed by atoms with Gasteiger partial charge in [0.15, 0.2) is 5.96 Å². The smallest absolute Gasteiger partial charge is 0.191 e. The molecule has 3 N–H and O–H groups in total. The van der Waals surface area contributed by atoms with Crippen LogP contribution >= 0.6 is 24.0 Å². The zero-order valence-electron chi connectivity index (χ0n) is 17.4. The van der Waals surface area contributed by atoms with Gasteiger partial charge in [0.05, 0.1) is 13.2 Å². The highest BCUT2D eigenvalue weighted by Gasteiger charge is 2.23. The van der Waals surface area contributed by atoms with Gasteiger partial charge in [0.1, 0.15) is 0 Å². The van der Waals surface area contributed by atoms with Gasteiger partial charge in [-0.15, -0.1) is 24.0 Å². The lowest BCUT2D eigenvalue weighted by Gasteiger charge is -2.38. The van der Waals surface area contributed by atoms with Crippen molar-refractivity contribution in [3.63, 3.8) is 0 Å². The molecule has 1 saturated heterocycles. The van der Waals surface area contributed by atoms with E-state index in [1.54, 1.807) is 0 Å². The summed E-state index contributed by atoms with van der Waals surface area (Å²) in [7, 11) is 1.83. The average molecular weight is 499 g/mol. The quantitative estimate of drug-likeness (QED) is 0.325. The van der Waals surface area contributed by atoms with Crippen molar-refractivity contribution in [1.82, 2.24) is 20.5 Å². The Balaban J connectivity index is 0.00000280. The molecule has 2 heterocycles. The number of ether oxygens (including phenoxy) is 1. The first-order valence-electron chi connectivity index (χ1n) is 9.93. The molecular weight excluding hydrogens is 465 g/mol. The van der Waals surface area contributed by atoms with E-state index < -0.39 is 0 Å². The summed E-state index contributed by atoms with van der Waals surface area (Å²) < 4.78 is 5.53. The molecule has 6 nitrogen and oxygen atoms in total. The summed E-state index contributed by atoms with van der Waals surface area (Å²) in [4.78, 5) is 10.3. The Morgan fingerprint density at radius 1 is 1.39 bits per heavy atom. The number of aromatic nitrogens is 1. The van der Waals surface area contributed by atoms with Gasteiger partial charge in [0.25, 0.3) is 0 Å². The minimum atomic E-state index is 0. The van der Waals surface area contributed by atoms with E-state index in [-0.39, 0.29) is 24.0 Å². The number of H-pyrrole nitrogens is 1. The maximum absolute atomic E-state index is 5.53. The van der Waals surface area contributed by atoms with Crippen LogP contribution in [0.3, 0.4) is 0 Å². The first-order valence-corrected chi connectivity index (χ1v) is 9.93. The van der Waals surface area contributed by atoms with Crippen LogP contribution in [-0.4, -0.2) is 67.8 Å². The molecule has 156 valence electrons. The van der Waals surface area contributed by atoms with Crippen molar-refractivity contribution in [2.45, 2.75) is 39.3 Å². The maximum Gasteiger partial charge on any atom is 0.191 e. The van der Waals surface area contributed by atoms with E-state index in [0.29, 0.717) is 12.1 Å². The highest BCUT2D eigenvalue weighted by molar-refractivity contribution is 14.0. The normalized spacial score (nSPS) is 19.3. The number of rotatable bonds is 6. The van der Waals surface area contributed by atoms with E-state index in [1.165, 1.54) is 22.0 Å². The highest BCUT2D eigenvalue weighted by atomic mass is 127. The molecule has 3 rings (SSSR count). The van der Waals surface area contributed by atoms with Gasteiger partial charge < -0.3 is 20.4 Å². The molecule has 0 spiro atoms. The molecule has 7 heteroatoms. The number of aliphatic imine (C=N–C) groups is 1. The van der Waals surface area contributed by atoms with Gasteiger partial charge in [-0.2, -0.15) is 0 Å². The fraction of sp³-hybridized carbons (Fsp3) is 0.571. The number of aromatic amines is 1. The molecule has 1 aromatic heterocycles. The van der Waals surface area contributed by atoms with Crippen molar-refractivity contribution >= 4 is 40.8 Å². The van der Waals surface area contributed by atoms with Crippen LogP contribution in [0.2, 0.25) is 0 Å². The maximum atomic E-state index is 5.53. The standard InChI is InChI=1S/C21H33N5O.HI/c1-15-6-5-7-19-18(13-24-20(15)19)8-9-23-21(22-4)25-12-16(2)26-10-11-27-14-17(26)3;/h5-7,13,16-17,24H,8-12,14H2,1-4H3,(H2,22,23,25);1H. The lowest BCUT2D eigenvalue weighted by atomic mass is 10.1. The second kappa shape index (κ2) is 11.0. The van der Waals surface area contributed by atoms with Gasteiger partial charge in [0.2, 0.25) is 0 Å². The molecule has 0 saturated carbocycles. The molecule has 1 aromatic carbocycles. The number of guanidine groups is 1. The monoisotopic (exact) mass is 499 g/mol. The molecule has 28 heavy (non-hydrogen) atoms. The number of fused-ring (bicyclic) bond motifs is 1. The van der Waals surface area contributed by atoms with Crippen molar-refractivity contribution in [3.8, 4) is 0 Å². The minimum absolute atomic E-state index is 0. The van der Waals surface area contributed by atoms with E-state index >= 15 is 0 Å². The summed E-state index contributed by atoms with van der Waals surface area (Å²) in [5.41, 5.74) is 3.87. The summed E-state index contributed by atoms with van der Waals surface area (Å²) in [5, 5.41) is 8.21. The number of halogens is 1. The molecule has 2 unspecified atom stereocenters. The number of nitrogens with one attached hydrogen (secondary N) is 3. The molecule has 0 bridgehead atoms. The molecule has 1 fully saturated rings. The highest BCUT2D eigenvalue weighted by Crippen LogP contribution is 2.21. The third-order valence-corrected chi connectivity index (χ3v) is 5.47. The Hall–Kier alpha value is -1.32. The molecule has 2 aromatic rings. The second-order valence-corrected chi connectivity index (χ2v) is 7.45. The molecular formula is C21H34IN5O. The first-order chi connectivity index (χ1) is 13.1. The summed E-state index contributed by atoms with van der Waals surface area (Å²) >= 11 is 0. The minimum Gasteiger partial charge on any atom is -0.379 e. The van der Waals surface area contributed by atoms with Crippen molar-refractivity contribution < 1.29 is 4.74 Å².